The van der Waals surface area contributed by atoms with Crippen molar-refractivity contribution in [2.75, 3.05) is 18.4 Å². The smallest absolute Gasteiger partial charge is 0.252 e. The van der Waals surface area contributed by atoms with Gasteiger partial charge < -0.3 is 10.2 Å². The van der Waals surface area contributed by atoms with E-state index in [9.17, 15) is 13.6 Å². The third kappa shape index (κ3) is 3.71. The van der Waals surface area contributed by atoms with Crippen molar-refractivity contribution in [2.45, 2.75) is 39.2 Å². The van der Waals surface area contributed by atoms with Crippen LogP contribution in [0.25, 0.3) is 0 Å². The summed E-state index contributed by atoms with van der Waals surface area (Å²) in [5, 5.41) is 3.36. The summed E-state index contributed by atoms with van der Waals surface area (Å²) in [6, 6.07) is 9.85. The predicted molar refractivity (Wildman–Crippen MR) is 79.5 cm³/mol. The highest BCUT2D eigenvalue weighted by molar-refractivity contribution is 5.82. The lowest BCUT2D eigenvalue weighted by Gasteiger charge is -2.37. The number of likely N-dealkylation sites (tertiary alicyclic amines) is 1. The molecule has 0 unspecified atom stereocenters. The number of alkyl halides is 2. The number of nitrogens with one attached hydrogen (secondary N) is 1. The van der Waals surface area contributed by atoms with Gasteiger partial charge in [0.05, 0.1) is 0 Å². The third-order valence-electron chi connectivity index (χ3n) is 3.95. The Morgan fingerprint density at radius 1 is 1.33 bits per heavy atom. The predicted octanol–water partition coefficient (Wildman–Crippen LogP) is 3.38. The van der Waals surface area contributed by atoms with Gasteiger partial charge in [0.2, 0.25) is 5.91 Å². The molecule has 0 bridgehead atoms. The topological polar surface area (TPSA) is 32.3 Å². The molecule has 1 aliphatic heterocycles. The summed E-state index contributed by atoms with van der Waals surface area (Å²) in [5.41, 5.74) is -0.626. The number of hydrogen-bond donors (Lipinski definition) is 1. The van der Waals surface area contributed by atoms with Crippen LogP contribution in [0.1, 0.15) is 26.7 Å². The number of piperidine rings is 1. The van der Waals surface area contributed by atoms with Gasteiger partial charge in [0.1, 0.15) is 5.41 Å². The largest absolute Gasteiger partial charge is 0.381 e. The molecule has 1 N–H and O–H groups in total. The fourth-order valence-electron chi connectivity index (χ4n) is 2.55. The average molecular weight is 296 g/mol. The molecule has 1 saturated heterocycles. The zero-order valence-corrected chi connectivity index (χ0v) is 12.5. The zero-order chi connectivity index (χ0) is 15.5. The SMILES string of the molecule is CC(C)(C(=O)N1CCC[C@H](Nc2ccccc2)C1)C(F)F. The Morgan fingerprint density at radius 2 is 2.00 bits per heavy atom. The fraction of sp³-hybridized carbons (Fsp3) is 0.562. The van der Waals surface area contributed by atoms with E-state index in [4.69, 9.17) is 0 Å². The van der Waals surface area contributed by atoms with Crippen LogP contribution in [0.2, 0.25) is 0 Å². The van der Waals surface area contributed by atoms with Gasteiger partial charge in [-0.15, -0.1) is 0 Å². The van der Waals surface area contributed by atoms with Crippen molar-refractivity contribution in [3.05, 3.63) is 30.3 Å². The molecule has 116 valence electrons. The van der Waals surface area contributed by atoms with Crippen molar-refractivity contribution in [1.82, 2.24) is 4.90 Å². The minimum atomic E-state index is -2.65. The van der Waals surface area contributed by atoms with Gasteiger partial charge >= 0.3 is 0 Å². The Labute approximate surface area is 124 Å². The Hall–Kier alpha value is -1.65. The molecule has 1 aromatic carbocycles. The van der Waals surface area contributed by atoms with E-state index in [1.165, 1.54) is 13.8 Å². The van der Waals surface area contributed by atoms with Crippen LogP contribution >= 0.6 is 0 Å². The first-order chi connectivity index (χ1) is 9.91. The minimum Gasteiger partial charge on any atom is -0.381 e. The van der Waals surface area contributed by atoms with Crippen LogP contribution in [0.3, 0.4) is 0 Å². The van der Waals surface area contributed by atoms with E-state index in [0.717, 1.165) is 18.5 Å². The highest BCUT2D eigenvalue weighted by Gasteiger charge is 2.41. The number of rotatable bonds is 4. The molecule has 2 rings (SSSR count). The van der Waals surface area contributed by atoms with E-state index < -0.39 is 17.7 Å². The monoisotopic (exact) mass is 296 g/mol. The summed E-state index contributed by atoms with van der Waals surface area (Å²) >= 11 is 0. The Bertz CT molecular complexity index is 476. The Kier molecular flexibility index (Phi) is 4.80. The lowest BCUT2D eigenvalue weighted by molar-refractivity contribution is -0.149. The number of para-hydroxylation sites is 1. The van der Waals surface area contributed by atoms with Crippen molar-refractivity contribution in [3.63, 3.8) is 0 Å². The molecule has 3 nitrogen and oxygen atoms in total. The molecule has 0 saturated carbocycles. The molecule has 0 aliphatic carbocycles. The van der Waals surface area contributed by atoms with Crippen LogP contribution in [0.4, 0.5) is 14.5 Å². The van der Waals surface area contributed by atoms with Crippen LogP contribution in [-0.2, 0) is 4.79 Å². The van der Waals surface area contributed by atoms with Gasteiger partial charge in [-0.2, -0.15) is 0 Å². The number of nitrogens with zero attached hydrogens (tertiary/aromatic N) is 1. The number of carbonyl (C=O) groups is 1. The summed E-state index contributed by atoms with van der Waals surface area (Å²) in [7, 11) is 0. The molecule has 0 aromatic heterocycles. The highest BCUT2D eigenvalue weighted by Crippen LogP contribution is 2.29. The second-order valence-electron chi connectivity index (χ2n) is 6.12. The normalized spacial score (nSPS) is 19.7. The van der Waals surface area contributed by atoms with E-state index in [1.54, 1.807) is 4.90 Å². The molecule has 1 aromatic rings. The first kappa shape index (κ1) is 15.7. The van der Waals surface area contributed by atoms with Gasteiger partial charge in [-0.1, -0.05) is 18.2 Å². The maximum absolute atomic E-state index is 13.0. The second-order valence-corrected chi connectivity index (χ2v) is 6.12. The molecule has 1 atom stereocenters. The van der Waals surface area contributed by atoms with Crippen LogP contribution in [-0.4, -0.2) is 36.4 Å². The summed E-state index contributed by atoms with van der Waals surface area (Å²) < 4.78 is 26.0. The molecule has 1 amide bonds. The van der Waals surface area contributed by atoms with E-state index in [2.05, 4.69) is 5.32 Å². The standard InChI is InChI=1S/C16H22F2N2O/c1-16(2,14(17)18)15(21)20-10-6-9-13(11-20)19-12-7-4-3-5-8-12/h3-5,7-8,13-14,19H,6,9-11H2,1-2H3/t13-/m0/s1. The molecule has 21 heavy (non-hydrogen) atoms. The molecule has 1 aliphatic rings. The molecule has 0 spiro atoms. The third-order valence-corrected chi connectivity index (χ3v) is 3.95. The highest BCUT2D eigenvalue weighted by atomic mass is 19.3. The van der Waals surface area contributed by atoms with E-state index in [-0.39, 0.29) is 6.04 Å². The maximum Gasteiger partial charge on any atom is 0.252 e. The van der Waals surface area contributed by atoms with Crippen molar-refractivity contribution < 1.29 is 13.6 Å². The van der Waals surface area contributed by atoms with Crippen LogP contribution in [0, 0.1) is 5.41 Å². The Morgan fingerprint density at radius 3 is 2.62 bits per heavy atom. The first-order valence-corrected chi connectivity index (χ1v) is 7.30. The molecular weight excluding hydrogens is 274 g/mol. The molecule has 0 radical (unpaired) electrons. The average Bonchev–Trinajstić information content (AvgIpc) is 2.47. The minimum absolute atomic E-state index is 0.110. The molecule has 1 heterocycles. The van der Waals surface area contributed by atoms with E-state index >= 15 is 0 Å². The number of halogens is 2. The Balaban J connectivity index is 1.99. The zero-order valence-electron chi connectivity index (χ0n) is 12.5. The molecular formula is C16H22F2N2O. The van der Waals surface area contributed by atoms with Crippen molar-refractivity contribution in [2.24, 2.45) is 5.41 Å². The van der Waals surface area contributed by atoms with Crippen LogP contribution in [0.5, 0.6) is 0 Å². The van der Waals surface area contributed by atoms with E-state index in [1.807, 2.05) is 30.3 Å². The van der Waals surface area contributed by atoms with Gasteiger partial charge in [-0.05, 0) is 38.8 Å². The summed E-state index contributed by atoms with van der Waals surface area (Å²) in [6.07, 6.45) is -0.879. The second kappa shape index (κ2) is 6.41. The van der Waals surface area contributed by atoms with Crippen molar-refractivity contribution in [3.8, 4) is 0 Å². The molecule has 1 fully saturated rings. The van der Waals surface area contributed by atoms with Gasteiger partial charge in [-0.25, -0.2) is 8.78 Å². The summed E-state index contributed by atoms with van der Waals surface area (Å²) in [5.74, 6) is -0.461. The number of amides is 1. The lowest BCUT2D eigenvalue weighted by Crippen LogP contribution is -2.51. The number of anilines is 1. The van der Waals surface area contributed by atoms with Crippen molar-refractivity contribution in [1.29, 1.82) is 0 Å². The lowest BCUT2D eigenvalue weighted by atomic mass is 9.90. The van der Waals surface area contributed by atoms with Gasteiger partial charge in [0.15, 0.2) is 0 Å². The van der Waals surface area contributed by atoms with Crippen molar-refractivity contribution >= 4 is 11.6 Å². The number of carbonyl (C=O) groups excluding carboxylic acids is 1. The molecule has 5 heteroatoms. The van der Waals surface area contributed by atoms with Crippen LogP contribution < -0.4 is 5.32 Å². The fourth-order valence-corrected chi connectivity index (χ4v) is 2.55. The van der Waals surface area contributed by atoms with Gasteiger partial charge in [-0.3, -0.25) is 4.79 Å². The summed E-state index contributed by atoms with van der Waals surface area (Å²) in [4.78, 5) is 13.8. The maximum atomic E-state index is 13.0. The number of hydrogen-bond acceptors (Lipinski definition) is 2. The quantitative estimate of drug-likeness (QED) is 0.924. The first-order valence-electron chi connectivity index (χ1n) is 7.30. The number of benzene rings is 1. The van der Waals surface area contributed by atoms with Gasteiger partial charge in [0, 0.05) is 24.8 Å². The van der Waals surface area contributed by atoms with E-state index in [0.29, 0.717) is 13.1 Å². The van der Waals surface area contributed by atoms with Crippen LogP contribution in [0.15, 0.2) is 30.3 Å². The summed E-state index contributed by atoms with van der Waals surface area (Å²) in [6.45, 7) is 3.66. The van der Waals surface area contributed by atoms with Gasteiger partial charge in [0.25, 0.3) is 6.43 Å².